The number of hydrogen-bond donors (Lipinski definition) is 12. The summed E-state index contributed by atoms with van der Waals surface area (Å²) in [7, 11) is 4.10. The van der Waals surface area contributed by atoms with E-state index in [4.69, 9.17) is 28.4 Å². The molecule has 12 N–H and O–H groups in total. The Morgan fingerprint density at radius 1 is 0.521 bits per heavy atom. The minimum absolute atomic E-state index is 0.0117. The predicted octanol–water partition coefficient (Wildman–Crippen LogP) is 1.20. The first-order valence-corrected chi connectivity index (χ1v) is 27.7. The van der Waals surface area contributed by atoms with Gasteiger partial charge in [0, 0.05) is 13.0 Å². The molecule has 17 atom stereocenters. The lowest BCUT2D eigenvalue weighted by molar-refractivity contribution is -0.396. The van der Waals surface area contributed by atoms with Gasteiger partial charge >= 0.3 is 0 Å². The summed E-state index contributed by atoms with van der Waals surface area (Å²) in [4.78, 5) is 26.4. The summed E-state index contributed by atoms with van der Waals surface area (Å²) < 4.78 is 35.8. The summed E-state index contributed by atoms with van der Waals surface area (Å²) in [6.07, 6.45) is -4.70. The Bertz CT molecular complexity index is 1440. The molecule has 3 heterocycles. The number of rotatable bonds is 40. The molecule has 3 rings (SSSR count). The number of carbonyl (C=O) groups is 2. The molecule has 3 fully saturated rings. The first-order valence-electron chi connectivity index (χ1n) is 27.7. The van der Waals surface area contributed by atoms with Gasteiger partial charge in [0.05, 0.1) is 38.4 Å². The summed E-state index contributed by atoms with van der Waals surface area (Å²) in [5, 5.41) is 120. The first-order chi connectivity index (χ1) is 35.1. The van der Waals surface area contributed by atoms with Crippen LogP contribution >= 0.6 is 0 Å². The van der Waals surface area contributed by atoms with Gasteiger partial charge in [0.25, 0.3) is 0 Å². The second-order valence-corrected chi connectivity index (χ2v) is 20.8. The van der Waals surface area contributed by atoms with Crippen molar-refractivity contribution in [3.63, 3.8) is 0 Å². The number of carbonyl (C=O) groups excluding carboxylic acids is 2. The van der Waals surface area contributed by atoms with Crippen LogP contribution < -0.4 is 5.32 Å². The third-order valence-corrected chi connectivity index (χ3v) is 14.3. The van der Waals surface area contributed by atoms with Crippen LogP contribution in [0.1, 0.15) is 167 Å². The second-order valence-electron chi connectivity index (χ2n) is 20.8. The molecule has 0 bridgehead atoms. The van der Waals surface area contributed by atoms with E-state index in [1.54, 1.807) is 0 Å². The van der Waals surface area contributed by atoms with E-state index in [9.17, 15) is 65.8 Å². The summed E-state index contributed by atoms with van der Waals surface area (Å²) in [6, 6.07) is 0. The van der Waals surface area contributed by atoms with E-state index in [1.165, 1.54) is 32.1 Å². The lowest BCUT2D eigenvalue weighted by atomic mass is 9.95. The molecule has 0 aromatic heterocycles. The number of nitrogens with one attached hydrogen (secondary N) is 1. The Balaban J connectivity index is 1.43. The summed E-state index contributed by atoms with van der Waals surface area (Å²) in [5.74, 6) is -0.136. The highest BCUT2D eigenvalue weighted by Gasteiger charge is 2.55. The van der Waals surface area contributed by atoms with E-state index in [0.717, 1.165) is 96.4 Å². The van der Waals surface area contributed by atoms with Crippen LogP contribution in [0.25, 0.3) is 0 Å². The minimum atomic E-state index is -1.92. The van der Waals surface area contributed by atoms with Crippen molar-refractivity contribution in [1.29, 1.82) is 0 Å². The zero-order valence-electron chi connectivity index (χ0n) is 44.2. The third kappa shape index (κ3) is 23.5. The molecule has 1 amide bonds. The van der Waals surface area contributed by atoms with Crippen LogP contribution in [0, 0.1) is 0 Å². The number of unbranched alkanes of at least 4 members (excludes halogenated alkanes) is 18. The van der Waals surface area contributed by atoms with E-state index >= 15 is 0 Å². The van der Waals surface area contributed by atoms with Crippen LogP contribution in [0.4, 0.5) is 0 Å². The van der Waals surface area contributed by atoms with Crippen molar-refractivity contribution >= 4 is 11.7 Å². The lowest BCUT2D eigenvalue weighted by Crippen LogP contribution is -2.67. The van der Waals surface area contributed by atoms with Gasteiger partial charge in [-0.25, -0.2) is 0 Å². The highest BCUT2D eigenvalue weighted by molar-refractivity contribution is 5.97. The van der Waals surface area contributed by atoms with Crippen LogP contribution in [0.5, 0.6) is 0 Å². The van der Waals surface area contributed by atoms with Crippen molar-refractivity contribution < 1.29 is 94.2 Å². The van der Waals surface area contributed by atoms with Crippen molar-refractivity contribution in [1.82, 2.24) is 10.2 Å². The summed E-state index contributed by atoms with van der Waals surface area (Å²) >= 11 is 0. The molecule has 3 saturated heterocycles. The standard InChI is InChI=1S/C52H98N2O19/c1-4-5-20-27-36(35(59)26-22-18-16-14-12-10-8-6-7-9-11-13-15-17-21-25-34(58)30-40(60)53-28-23-19-24-29-54(2)3)68-52-49(73-51-47(67)45(65)42(62)38(32-56)70-51)48(43(63)39(33-57)71-52)72-50-46(66)44(64)41(61)37(31-55)69-50/h35-39,41-52,55-57,59,61-67H,4-33H2,1-3H3,(H,53,60)/t35?,36?,37-,38-,39-,41+,42+,43-,44+,45+,46-,47-,48+,49-,50+,51+,52-/m1/s1. The van der Waals surface area contributed by atoms with Crippen molar-refractivity contribution in [2.45, 2.75) is 272 Å². The van der Waals surface area contributed by atoms with Crippen LogP contribution in [-0.2, 0) is 38.0 Å². The van der Waals surface area contributed by atoms with Crippen LogP contribution in [0.3, 0.4) is 0 Å². The molecular weight excluding hydrogens is 957 g/mol. The molecule has 0 saturated carbocycles. The Morgan fingerprint density at radius 2 is 0.959 bits per heavy atom. The maximum atomic E-state index is 12.2. The zero-order chi connectivity index (χ0) is 53.7. The van der Waals surface area contributed by atoms with Gasteiger partial charge in [-0.1, -0.05) is 122 Å². The molecule has 0 aromatic carbocycles. The lowest BCUT2D eigenvalue weighted by Gasteiger charge is -2.49. The van der Waals surface area contributed by atoms with Gasteiger partial charge in [-0.05, 0) is 52.7 Å². The monoisotopic (exact) mass is 1050 g/mol. The molecule has 0 aliphatic carbocycles. The minimum Gasteiger partial charge on any atom is -0.394 e. The molecule has 73 heavy (non-hydrogen) atoms. The van der Waals surface area contributed by atoms with Gasteiger partial charge in [0.15, 0.2) is 18.9 Å². The van der Waals surface area contributed by atoms with Crippen LogP contribution in [-0.4, -0.2) is 224 Å². The number of aliphatic hydroxyl groups excluding tert-OH is 11. The van der Waals surface area contributed by atoms with E-state index < -0.39 is 124 Å². The Hall–Kier alpha value is -1.58. The molecule has 2 unspecified atom stereocenters. The van der Waals surface area contributed by atoms with E-state index in [0.29, 0.717) is 38.6 Å². The molecule has 3 aliphatic rings. The van der Waals surface area contributed by atoms with Crippen molar-refractivity contribution in [3.05, 3.63) is 0 Å². The van der Waals surface area contributed by atoms with Gasteiger partial charge in [-0.2, -0.15) is 0 Å². The quantitative estimate of drug-likeness (QED) is 0.0303. The van der Waals surface area contributed by atoms with Crippen molar-refractivity contribution in [3.8, 4) is 0 Å². The summed E-state index contributed by atoms with van der Waals surface area (Å²) in [6.45, 7) is 1.35. The number of ketones is 1. The number of amides is 1. The predicted molar refractivity (Wildman–Crippen MR) is 268 cm³/mol. The van der Waals surface area contributed by atoms with Gasteiger partial charge in [-0.15, -0.1) is 0 Å². The highest BCUT2D eigenvalue weighted by atomic mass is 16.8. The average Bonchev–Trinajstić information content (AvgIpc) is 3.36. The maximum absolute atomic E-state index is 12.2. The number of nitrogens with zero attached hydrogens (tertiary/aromatic N) is 1. The smallest absolute Gasteiger partial charge is 0.227 e. The van der Waals surface area contributed by atoms with Gasteiger partial charge in [0.1, 0.15) is 79.0 Å². The van der Waals surface area contributed by atoms with Gasteiger partial charge in [0.2, 0.25) is 5.91 Å². The van der Waals surface area contributed by atoms with E-state index in [2.05, 4.69) is 10.2 Å². The normalized spacial score (nSPS) is 31.7. The largest absolute Gasteiger partial charge is 0.394 e. The molecule has 430 valence electrons. The SMILES string of the molecule is CCCCCC(O[C@@H]1O[C@H](CO)[C@@H](O)[C@H](O[C@@H]2O[C@H](CO)[C@H](O)[C@H](O)[C@H]2O)[C@H]1O[C@@H]1O[C@H](CO)[C@H](O)[C@H](O)[C@H]1O)C(O)CCCCCCCCCCCCCCCCCC(=O)CC(=O)NCCCCCN(C)C. The topological polar surface area (TPSA) is 327 Å². The average molecular weight is 1060 g/mol. The Labute approximate surface area is 433 Å². The molecule has 21 nitrogen and oxygen atoms in total. The van der Waals surface area contributed by atoms with E-state index in [1.807, 2.05) is 21.0 Å². The van der Waals surface area contributed by atoms with E-state index in [-0.39, 0.29) is 18.1 Å². The van der Waals surface area contributed by atoms with Gasteiger partial charge < -0.3 is 94.8 Å². The second kappa shape index (κ2) is 37.3. The fraction of sp³-hybridized carbons (Fsp3) is 0.962. The fourth-order valence-electron chi connectivity index (χ4n) is 9.69. The molecule has 21 heteroatoms. The number of ether oxygens (including phenoxy) is 6. The van der Waals surface area contributed by atoms with Crippen LogP contribution in [0.2, 0.25) is 0 Å². The number of Topliss-reactive ketones (excluding diaryl/α,β-unsaturated/α-hetero) is 1. The third-order valence-electron chi connectivity index (χ3n) is 14.3. The number of aliphatic hydroxyl groups is 11. The van der Waals surface area contributed by atoms with Crippen LogP contribution in [0.15, 0.2) is 0 Å². The Morgan fingerprint density at radius 3 is 1.45 bits per heavy atom. The first kappa shape index (κ1) is 65.7. The highest BCUT2D eigenvalue weighted by Crippen LogP contribution is 2.35. The maximum Gasteiger partial charge on any atom is 0.227 e. The molecule has 0 radical (unpaired) electrons. The molecule has 0 aromatic rings. The van der Waals surface area contributed by atoms with Crippen molar-refractivity contribution in [2.75, 3.05) is 47.0 Å². The van der Waals surface area contributed by atoms with Gasteiger partial charge in [-0.3, -0.25) is 9.59 Å². The summed E-state index contributed by atoms with van der Waals surface area (Å²) in [5.41, 5.74) is 0. The molecular formula is C52H98N2O19. The fourth-order valence-corrected chi connectivity index (χ4v) is 9.69. The molecule has 3 aliphatic heterocycles. The zero-order valence-corrected chi connectivity index (χ0v) is 44.2. The van der Waals surface area contributed by atoms with Crippen molar-refractivity contribution in [2.24, 2.45) is 0 Å². The molecule has 0 spiro atoms. The Kier molecular flexibility index (Phi) is 33.5. The number of hydrogen-bond acceptors (Lipinski definition) is 20.